The summed E-state index contributed by atoms with van der Waals surface area (Å²) in [5, 5.41) is 1.00. The van der Waals surface area contributed by atoms with Crippen LogP contribution in [-0.2, 0) is 6.61 Å². The molecule has 1 aromatic heterocycles. The molecule has 2 aliphatic heterocycles. The van der Waals surface area contributed by atoms with Crippen molar-refractivity contribution in [3.8, 4) is 17.1 Å². The molecule has 1 saturated heterocycles. The van der Waals surface area contributed by atoms with Crippen LogP contribution in [0.2, 0.25) is 10.0 Å². The molecule has 0 spiro atoms. The van der Waals surface area contributed by atoms with Gasteiger partial charge in [0.05, 0.1) is 11.9 Å². The molecular formula is C27H27Cl2N5O2. The maximum Gasteiger partial charge on any atom is 0.258 e. The Kier molecular flexibility index (Phi) is 7.30. The third-order valence-electron chi connectivity index (χ3n) is 6.58. The van der Waals surface area contributed by atoms with Crippen molar-refractivity contribution in [2.75, 3.05) is 18.8 Å². The van der Waals surface area contributed by atoms with E-state index in [2.05, 4.69) is 27.1 Å². The molecule has 3 aromatic rings. The van der Waals surface area contributed by atoms with Crippen molar-refractivity contribution in [2.45, 2.75) is 38.5 Å². The van der Waals surface area contributed by atoms with E-state index in [-0.39, 0.29) is 30.4 Å². The number of nitrogens with two attached hydrogens (primary N) is 1. The van der Waals surface area contributed by atoms with Gasteiger partial charge in [-0.05, 0) is 56.1 Å². The number of amides is 1. The number of halogens is 2. The first kappa shape index (κ1) is 24.4. The number of carbonyl (C=O) groups excluding carboxylic acids is 1. The van der Waals surface area contributed by atoms with Crippen LogP contribution in [0.3, 0.4) is 0 Å². The minimum atomic E-state index is 0.0515. The molecule has 0 bridgehead atoms. The standard InChI is InChI=1S/C27H27Cl2N5O2/c28-21-6-5-7-22(29)20(21)17-36-26-25(30)31-16-23(32-26)18-9-11-19(12-10-18)27(35)34-15-2-1-8-24(34)33-13-3-4-14-33/h3,5-7,9-13,16,24H,1-2,4,8,14-15,17H2,(H2,30,31). The Bertz CT molecular complexity index is 1260. The summed E-state index contributed by atoms with van der Waals surface area (Å²) >= 11 is 12.5. The average Bonchev–Trinajstić information content (AvgIpc) is 3.44. The summed E-state index contributed by atoms with van der Waals surface area (Å²) in [6.45, 7) is 1.85. The molecule has 1 fully saturated rings. The van der Waals surface area contributed by atoms with Crippen molar-refractivity contribution in [1.29, 1.82) is 0 Å². The molecule has 1 unspecified atom stereocenters. The Hall–Kier alpha value is -3.29. The third kappa shape index (κ3) is 5.13. The predicted molar refractivity (Wildman–Crippen MR) is 142 cm³/mol. The van der Waals surface area contributed by atoms with Crippen LogP contribution in [0.5, 0.6) is 5.88 Å². The van der Waals surface area contributed by atoms with E-state index in [0.717, 1.165) is 44.3 Å². The van der Waals surface area contributed by atoms with Gasteiger partial charge in [0.2, 0.25) is 0 Å². The summed E-state index contributed by atoms with van der Waals surface area (Å²) in [6, 6.07) is 12.7. The van der Waals surface area contributed by atoms with Gasteiger partial charge in [-0.3, -0.25) is 4.79 Å². The van der Waals surface area contributed by atoms with E-state index in [1.54, 1.807) is 24.4 Å². The van der Waals surface area contributed by atoms with E-state index in [0.29, 0.717) is 26.9 Å². The van der Waals surface area contributed by atoms with Gasteiger partial charge in [0, 0.05) is 39.8 Å². The maximum atomic E-state index is 13.4. The van der Waals surface area contributed by atoms with Crippen molar-refractivity contribution in [1.82, 2.24) is 19.8 Å². The quantitative estimate of drug-likeness (QED) is 0.440. The monoisotopic (exact) mass is 523 g/mol. The summed E-state index contributed by atoms with van der Waals surface area (Å²) in [6.07, 6.45) is 10.2. The highest BCUT2D eigenvalue weighted by Crippen LogP contribution is 2.29. The number of rotatable bonds is 6. The van der Waals surface area contributed by atoms with Gasteiger partial charge in [-0.25, -0.2) is 9.97 Å². The minimum absolute atomic E-state index is 0.0515. The van der Waals surface area contributed by atoms with Gasteiger partial charge < -0.3 is 20.3 Å². The Morgan fingerprint density at radius 3 is 2.58 bits per heavy atom. The molecular weight excluding hydrogens is 497 g/mol. The number of carbonyl (C=O) groups is 1. The SMILES string of the molecule is Nc1ncc(-c2ccc(C(=O)N3CCCCC3N3C=CCC3)cc2)nc1OCc1c(Cl)cccc1Cl. The number of benzene rings is 2. The molecule has 186 valence electrons. The lowest BCUT2D eigenvalue weighted by atomic mass is 10.0. The summed E-state index contributed by atoms with van der Waals surface area (Å²) < 4.78 is 5.81. The topological polar surface area (TPSA) is 84.6 Å². The van der Waals surface area contributed by atoms with Crippen LogP contribution < -0.4 is 10.5 Å². The lowest BCUT2D eigenvalue weighted by Gasteiger charge is -2.41. The van der Waals surface area contributed by atoms with Gasteiger partial charge in [0.1, 0.15) is 12.8 Å². The Morgan fingerprint density at radius 1 is 1.08 bits per heavy atom. The number of ether oxygens (including phenoxy) is 1. The number of anilines is 1. The van der Waals surface area contributed by atoms with Crippen molar-refractivity contribution in [3.05, 3.63) is 82.1 Å². The molecule has 2 N–H and O–H groups in total. The molecule has 5 rings (SSSR count). The normalized spacial score (nSPS) is 17.4. The maximum absolute atomic E-state index is 13.4. The van der Waals surface area contributed by atoms with Crippen LogP contribution in [0.1, 0.15) is 41.6 Å². The predicted octanol–water partition coefficient (Wildman–Crippen LogP) is 5.78. The molecule has 2 aliphatic rings. The molecule has 0 radical (unpaired) electrons. The van der Waals surface area contributed by atoms with Gasteiger partial charge >= 0.3 is 0 Å². The molecule has 9 heteroatoms. The highest BCUT2D eigenvalue weighted by atomic mass is 35.5. The minimum Gasteiger partial charge on any atom is -0.470 e. The van der Waals surface area contributed by atoms with Gasteiger partial charge in [-0.2, -0.15) is 0 Å². The first-order valence-electron chi connectivity index (χ1n) is 12.0. The number of hydrogen-bond donors (Lipinski definition) is 1. The molecule has 0 aliphatic carbocycles. The van der Waals surface area contributed by atoms with Crippen LogP contribution in [0, 0.1) is 0 Å². The Balaban J connectivity index is 1.31. The number of nitrogens with zero attached hydrogens (tertiary/aromatic N) is 4. The van der Waals surface area contributed by atoms with Crippen LogP contribution in [0.15, 0.2) is 60.9 Å². The van der Waals surface area contributed by atoms with Crippen LogP contribution >= 0.6 is 23.2 Å². The Labute approximate surface area is 220 Å². The largest absolute Gasteiger partial charge is 0.470 e. The fourth-order valence-electron chi connectivity index (χ4n) is 4.64. The van der Waals surface area contributed by atoms with E-state index in [1.165, 1.54) is 0 Å². The van der Waals surface area contributed by atoms with Crippen LogP contribution in [0.25, 0.3) is 11.3 Å². The van der Waals surface area contributed by atoms with E-state index < -0.39 is 0 Å². The number of nitrogen functional groups attached to an aromatic ring is 1. The van der Waals surface area contributed by atoms with Crippen molar-refractivity contribution in [2.24, 2.45) is 0 Å². The highest BCUT2D eigenvalue weighted by Gasteiger charge is 2.31. The average molecular weight is 524 g/mol. The van der Waals surface area contributed by atoms with E-state index >= 15 is 0 Å². The van der Waals surface area contributed by atoms with E-state index in [4.69, 9.17) is 33.7 Å². The number of aromatic nitrogens is 2. The molecule has 1 amide bonds. The fourth-order valence-corrected chi connectivity index (χ4v) is 5.15. The molecule has 1 atom stereocenters. The molecule has 3 heterocycles. The molecule has 36 heavy (non-hydrogen) atoms. The number of likely N-dealkylation sites (tertiary alicyclic amines) is 1. The Morgan fingerprint density at radius 2 is 1.86 bits per heavy atom. The first-order valence-corrected chi connectivity index (χ1v) is 12.8. The molecule has 2 aromatic carbocycles. The van der Waals surface area contributed by atoms with E-state index in [1.807, 2.05) is 29.2 Å². The van der Waals surface area contributed by atoms with Crippen molar-refractivity contribution < 1.29 is 9.53 Å². The summed E-state index contributed by atoms with van der Waals surface area (Å²) in [5.41, 5.74) is 8.69. The van der Waals surface area contributed by atoms with E-state index in [9.17, 15) is 4.79 Å². The number of hydrogen-bond acceptors (Lipinski definition) is 6. The molecule has 7 nitrogen and oxygen atoms in total. The number of piperidine rings is 1. The zero-order valence-electron chi connectivity index (χ0n) is 19.7. The van der Waals surface area contributed by atoms with Gasteiger partial charge in [-0.15, -0.1) is 0 Å². The van der Waals surface area contributed by atoms with Crippen molar-refractivity contribution >= 4 is 34.9 Å². The first-order chi connectivity index (χ1) is 17.5. The zero-order valence-corrected chi connectivity index (χ0v) is 21.3. The lowest BCUT2D eigenvalue weighted by molar-refractivity contribution is 0.0330. The fraction of sp³-hybridized carbons (Fsp3) is 0.296. The van der Waals surface area contributed by atoms with Gasteiger partial charge in [0.15, 0.2) is 5.82 Å². The second-order valence-corrected chi connectivity index (χ2v) is 9.71. The summed E-state index contributed by atoms with van der Waals surface area (Å²) in [4.78, 5) is 26.4. The highest BCUT2D eigenvalue weighted by molar-refractivity contribution is 6.35. The third-order valence-corrected chi connectivity index (χ3v) is 7.28. The summed E-state index contributed by atoms with van der Waals surface area (Å²) in [7, 11) is 0. The van der Waals surface area contributed by atoms with Crippen LogP contribution in [-0.4, -0.2) is 44.9 Å². The van der Waals surface area contributed by atoms with Gasteiger partial charge in [0.25, 0.3) is 11.8 Å². The van der Waals surface area contributed by atoms with Crippen molar-refractivity contribution in [3.63, 3.8) is 0 Å². The van der Waals surface area contributed by atoms with Crippen LogP contribution in [0.4, 0.5) is 5.82 Å². The smallest absolute Gasteiger partial charge is 0.258 e. The zero-order chi connectivity index (χ0) is 25.1. The second kappa shape index (κ2) is 10.8. The lowest BCUT2D eigenvalue weighted by Crippen LogP contribution is -2.51. The molecule has 0 saturated carbocycles. The summed E-state index contributed by atoms with van der Waals surface area (Å²) in [5.74, 6) is 0.412. The second-order valence-electron chi connectivity index (χ2n) is 8.90. The van der Waals surface area contributed by atoms with Gasteiger partial charge in [-0.1, -0.05) is 47.5 Å².